The second-order valence-electron chi connectivity index (χ2n) is 5.64. The lowest BCUT2D eigenvalue weighted by Gasteiger charge is -2.35. The molecule has 1 N–H and O–H groups in total. The number of hydrogen-bond donors (Lipinski definition) is 1. The molecule has 0 bridgehead atoms. The lowest BCUT2D eigenvalue weighted by Crippen LogP contribution is -2.46. The SMILES string of the molecule is CCc1ccccc1CNC1CCN(C)CC1C. The van der Waals surface area contributed by atoms with Crippen molar-refractivity contribution >= 4 is 0 Å². The van der Waals surface area contributed by atoms with Gasteiger partial charge in [0.15, 0.2) is 0 Å². The molecule has 1 saturated heterocycles. The summed E-state index contributed by atoms with van der Waals surface area (Å²) in [5.74, 6) is 0.748. The molecule has 18 heavy (non-hydrogen) atoms. The van der Waals surface area contributed by atoms with Gasteiger partial charge in [0.05, 0.1) is 0 Å². The first-order valence-electron chi connectivity index (χ1n) is 7.19. The molecular formula is C16H26N2. The van der Waals surface area contributed by atoms with Gasteiger partial charge in [-0.2, -0.15) is 0 Å². The van der Waals surface area contributed by atoms with E-state index in [-0.39, 0.29) is 0 Å². The van der Waals surface area contributed by atoms with Crippen LogP contribution >= 0.6 is 0 Å². The minimum absolute atomic E-state index is 0.672. The van der Waals surface area contributed by atoms with Crippen molar-refractivity contribution < 1.29 is 0 Å². The van der Waals surface area contributed by atoms with Gasteiger partial charge in [0.25, 0.3) is 0 Å². The van der Waals surface area contributed by atoms with Gasteiger partial charge in [-0.3, -0.25) is 0 Å². The van der Waals surface area contributed by atoms with Gasteiger partial charge in [-0.05, 0) is 43.5 Å². The standard InChI is InChI=1S/C16H26N2/c1-4-14-7-5-6-8-15(14)11-17-16-9-10-18(3)12-13(16)2/h5-8,13,16-17H,4,9-12H2,1-3H3. The van der Waals surface area contributed by atoms with Crippen molar-refractivity contribution in [2.75, 3.05) is 20.1 Å². The maximum Gasteiger partial charge on any atom is 0.0210 e. The van der Waals surface area contributed by atoms with E-state index in [1.54, 1.807) is 0 Å². The average Bonchev–Trinajstić information content (AvgIpc) is 2.38. The molecule has 1 fully saturated rings. The number of nitrogens with one attached hydrogen (secondary N) is 1. The molecule has 0 radical (unpaired) electrons. The number of nitrogens with zero attached hydrogens (tertiary/aromatic N) is 1. The summed E-state index contributed by atoms with van der Waals surface area (Å²) in [5, 5.41) is 3.76. The summed E-state index contributed by atoms with van der Waals surface area (Å²) in [6.45, 7) is 8.04. The maximum absolute atomic E-state index is 3.76. The third-order valence-corrected chi connectivity index (χ3v) is 4.16. The largest absolute Gasteiger partial charge is 0.310 e. The molecule has 0 saturated carbocycles. The molecule has 0 aliphatic carbocycles. The van der Waals surface area contributed by atoms with Crippen molar-refractivity contribution in [2.45, 2.75) is 39.3 Å². The van der Waals surface area contributed by atoms with Crippen molar-refractivity contribution in [3.63, 3.8) is 0 Å². The molecule has 1 aromatic rings. The predicted molar refractivity (Wildman–Crippen MR) is 77.7 cm³/mol. The normalized spacial score (nSPS) is 25.3. The van der Waals surface area contributed by atoms with Crippen LogP contribution in [0.4, 0.5) is 0 Å². The van der Waals surface area contributed by atoms with Crippen LogP contribution in [-0.2, 0) is 13.0 Å². The summed E-state index contributed by atoms with van der Waals surface area (Å²) in [7, 11) is 2.22. The zero-order valence-corrected chi connectivity index (χ0v) is 11.9. The Labute approximate surface area is 111 Å². The first kappa shape index (κ1) is 13.6. The van der Waals surface area contributed by atoms with Gasteiger partial charge >= 0.3 is 0 Å². The van der Waals surface area contributed by atoms with E-state index >= 15 is 0 Å². The lowest BCUT2D eigenvalue weighted by molar-refractivity contribution is 0.174. The zero-order valence-electron chi connectivity index (χ0n) is 11.9. The van der Waals surface area contributed by atoms with E-state index in [0.717, 1.165) is 18.9 Å². The minimum Gasteiger partial charge on any atom is -0.310 e. The van der Waals surface area contributed by atoms with E-state index in [0.29, 0.717) is 6.04 Å². The number of piperidine rings is 1. The molecule has 2 nitrogen and oxygen atoms in total. The van der Waals surface area contributed by atoms with Gasteiger partial charge in [-0.25, -0.2) is 0 Å². The second kappa shape index (κ2) is 6.35. The van der Waals surface area contributed by atoms with Crippen LogP contribution in [-0.4, -0.2) is 31.1 Å². The van der Waals surface area contributed by atoms with Crippen molar-refractivity contribution in [2.24, 2.45) is 5.92 Å². The summed E-state index contributed by atoms with van der Waals surface area (Å²) in [4.78, 5) is 2.43. The van der Waals surface area contributed by atoms with Crippen molar-refractivity contribution in [3.8, 4) is 0 Å². The van der Waals surface area contributed by atoms with Crippen LogP contribution in [0.25, 0.3) is 0 Å². The monoisotopic (exact) mass is 246 g/mol. The number of aryl methyl sites for hydroxylation is 1. The third kappa shape index (κ3) is 3.33. The maximum atomic E-state index is 3.76. The predicted octanol–water partition coefficient (Wildman–Crippen LogP) is 2.68. The van der Waals surface area contributed by atoms with Crippen molar-refractivity contribution in [1.29, 1.82) is 0 Å². The molecule has 100 valence electrons. The van der Waals surface area contributed by atoms with Crippen LogP contribution in [0.1, 0.15) is 31.4 Å². The number of benzene rings is 1. The molecule has 0 aromatic heterocycles. The van der Waals surface area contributed by atoms with E-state index in [1.165, 1.54) is 30.6 Å². The summed E-state index contributed by atoms with van der Waals surface area (Å²) in [6.07, 6.45) is 2.40. The number of rotatable bonds is 4. The fraction of sp³-hybridized carbons (Fsp3) is 0.625. The highest BCUT2D eigenvalue weighted by atomic mass is 15.1. The molecule has 2 unspecified atom stereocenters. The van der Waals surface area contributed by atoms with E-state index in [9.17, 15) is 0 Å². The van der Waals surface area contributed by atoms with Gasteiger partial charge in [-0.1, -0.05) is 38.1 Å². The Morgan fingerprint density at radius 3 is 2.67 bits per heavy atom. The molecule has 1 aliphatic heterocycles. The topological polar surface area (TPSA) is 15.3 Å². The summed E-state index contributed by atoms with van der Waals surface area (Å²) in [5.41, 5.74) is 2.94. The fourth-order valence-electron chi connectivity index (χ4n) is 2.97. The van der Waals surface area contributed by atoms with E-state index < -0.39 is 0 Å². The number of hydrogen-bond acceptors (Lipinski definition) is 2. The molecule has 1 heterocycles. The van der Waals surface area contributed by atoms with E-state index in [1.807, 2.05) is 0 Å². The molecule has 0 amide bonds. The quantitative estimate of drug-likeness (QED) is 0.878. The Kier molecular flexibility index (Phi) is 4.79. The first-order chi connectivity index (χ1) is 8.70. The lowest BCUT2D eigenvalue weighted by atomic mass is 9.93. The third-order valence-electron chi connectivity index (χ3n) is 4.16. The minimum atomic E-state index is 0.672. The molecule has 1 aliphatic rings. The Bertz CT molecular complexity index is 375. The summed E-state index contributed by atoms with van der Waals surface area (Å²) >= 11 is 0. The van der Waals surface area contributed by atoms with Crippen LogP contribution in [0.15, 0.2) is 24.3 Å². The van der Waals surface area contributed by atoms with E-state index in [4.69, 9.17) is 0 Å². The average molecular weight is 246 g/mol. The smallest absolute Gasteiger partial charge is 0.0210 e. The zero-order chi connectivity index (χ0) is 13.0. The van der Waals surface area contributed by atoms with Crippen LogP contribution in [0, 0.1) is 5.92 Å². The van der Waals surface area contributed by atoms with Crippen LogP contribution < -0.4 is 5.32 Å². The summed E-state index contributed by atoms with van der Waals surface area (Å²) in [6, 6.07) is 9.46. The molecular weight excluding hydrogens is 220 g/mol. The van der Waals surface area contributed by atoms with Crippen LogP contribution in [0.5, 0.6) is 0 Å². The highest BCUT2D eigenvalue weighted by molar-refractivity contribution is 5.26. The van der Waals surface area contributed by atoms with E-state index in [2.05, 4.69) is 55.4 Å². The second-order valence-corrected chi connectivity index (χ2v) is 5.64. The molecule has 1 aromatic carbocycles. The molecule has 2 atom stereocenters. The number of likely N-dealkylation sites (tertiary alicyclic amines) is 1. The molecule has 2 rings (SSSR count). The Hall–Kier alpha value is -0.860. The Morgan fingerprint density at radius 2 is 2.00 bits per heavy atom. The Morgan fingerprint density at radius 1 is 1.28 bits per heavy atom. The molecule has 0 spiro atoms. The highest BCUT2D eigenvalue weighted by Crippen LogP contribution is 2.17. The van der Waals surface area contributed by atoms with Gasteiger partial charge < -0.3 is 10.2 Å². The first-order valence-corrected chi connectivity index (χ1v) is 7.19. The van der Waals surface area contributed by atoms with Crippen molar-refractivity contribution in [3.05, 3.63) is 35.4 Å². The van der Waals surface area contributed by atoms with Gasteiger partial charge in [0.2, 0.25) is 0 Å². The van der Waals surface area contributed by atoms with Gasteiger partial charge in [0.1, 0.15) is 0 Å². The van der Waals surface area contributed by atoms with Gasteiger partial charge in [-0.15, -0.1) is 0 Å². The highest BCUT2D eigenvalue weighted by Gasteiger charge is 2.23. The van der Waals surface area contributed by atoms with Gasteiger partial charge in [0, 0.05) is 19.1 Å². The fourth-order valence-corrected chi connectivity index (χ4v) is 2.97. The molecule has 2 heteroatoms. The van der Waals surface area contributed by atoms with Crippen molar-refractivity contribution in [1.82, 2.24) is 10.2 Å². The van der Waals surface area contributed by atoms with Crippen LogP contribution in [0.2, 0.25) is 0 Å². The van der Waals surface area contributed by atoms with Crippen LogP contribution in [0.3, 0.4) is 0 Å². The Balaban J connectivity index is 1.91. The summed E-state index contributed by atoms with van der Waals surface area (Å²) < 4.78 is 0.